The number of hydrogen-bond donors (Lipinski definition) is 0. The number of allylic oxidation sites excluding steroid dienone is 1. The smallest absolute Gasteiger partial charge is 0.254 e. The van der Waals surface area contributed by atoms with Crippen molar-refractivity contribution < 1.29 is 14.0 Å². The summed E-state index contributed by atoms with van der Waals surface area (Å²) in [5.41, 5.74) is 3.65. The molecule has 0 aliphatic carbocycles. The van der Waals surface area contributed by atoms with Gasteiger partial charge < -0.3 is 9.47 Å². The number of carbonyl (C=O) groups excluding carboxylic acids is 2. The molecular weight excluding hydrogens is 369 g/mol. The Labute approximate surface area is 171 Å². The molecule has 154 valence electrons. The number of piperazine rings is 1. The minimum Gasteiger partial charge on any atom is -0.345 e. The lowest BCUT2D eigenvalue weighted by Gasteiger charge is -2.34. The van der Waals surface area contributed by atoms with Crippen LogP contribution in [-0.2, 0) is 6.54 Å². The summed E-state index contributed by atoms with van der Waals surface area (Å²) in [5, 5.41) is 0. The summed E-state index contributed by atoms with van der Waals surface area (Å²) < 4.78 is 15.8. The van der Waals surface area contributed by atoms with E-state index in [1.165, 1.54) is 6.07 Å². The summed E-state index contributed by atoms with van der Waals surface area (Å²) in [7, 11) is 0. The molecule has 0 saturated carbocycles. The highest BCUT2D eigenvalue weighted by Gasteiger charge is 2.25. The Balaban J connectivity index is 1.59. The predicted octanol–water partition coefficient (Wildman–Crippen LogP) is 3.38. The first kappa shape index (κ1) is 21.0. The number of amides is 1. The molecule has 3 rings (SSSR count). The van der Waals surface area contributed by atoms with Crippen LogP contribution in [0.4, 0.5) is 4.39 Å². The van der Waals surface area contributed by atoms with Crippen LogP contribution in [0.1, 0.15) is 37.7 Å². The Kier molecular flexibility index (Phi) is 6.33. The van der Waals surface area contributed by atoms with E-state index in [1.807, 2.05) is 26.0 Å². The Morgan fingerprint density at radius 2 is 1.79 bits per heavy atom. The molecule has 1 amide bonds. The van der Waals surface area contributed by atoms with Crippen LogP contribution >= 0.6 is 0 Å². The number of aryl methyl sites for hydroxylation is 2. The van der Waals surface area contributed by atoms with Crippen molar-refractivity contribution in [2.24, 2.45) is 0 Å². The van der Waals surface area contributed by atoms with Gasteiger partial charge in [-0.1, -0.05) is 12.1 Å². The van der Waals surface area contributed by atoms with Gasteiger partial charge in [0, 0.05) is 55.2 Å². The SMILES string of the molecule is C=CCn1c(C)cc(C(=O)CN2CCN(C(=O)c3ccc(C)c(F)c3)CC2)c1C. The van der Waals surface area contributed by atoms with Crippen LogP contribution in [0.25, 0.3) is 0 Å². The molecule has 6 heteroatoms. The summed E-state index contributed by atoms with van der Waals surface area (Å²) in [5.74, 6) is -0.439. The number of nitrogens with zero attached hydrogens (tertiary/aromatic N) is 3. The molecule has 1 fully saturated rings. The number of ketones is 1. The van der Waals surface area contributed by atoms with E-state index in [9.17, 15) is 14.0 Å². The highest BCUT2D eigenvalue weighted by molar-refractivity contribution is 5.99. The van der Waals surface area contributed by atoms with Crippen molar-refractivity contribution in [2.45, 2.75) is 27.3 Å². The molecule has 1 aliphatic heterocycles. The molecular formula is C23H28FN3O2. The van der Waals surface area contributed by atoms with Crippen molar-refractivity contribution in [3.8, 4) is 0 Å². The van der Waals surface area contributed by atoms with Crippen LogP contribution in [0, 0.1) is 26.6 Å². The molecule has 0 bridgehead atoms. The first-order chi connectivity index (χ1) is 13.8. The molecule has 2 aromatic rings. The van der Waals surface area contributed by atoms with Crippen molar-refractivity contribution >= 4 is 11.7 Å². The molecule has 1 aromatic carbocycles. The Hall–Kier alpha value is -2.73. The van der Waals surface area contributed by atoms with E-state index in [0.29, 0.717) is 50.4 Å². The summed E-state index contributed by atoms with van der Waals surface area (Å²) in [6.07, 6.45) is 1.82. The van der Waals surface area contributed by atoms with Gasteiger partial charge in [0.2, 0.25) is 0 Å². The zero-order valence-corrected chi connectivity index (χ0v) is 17.4. The van der Waals surface area contributed by atoms with Crippen molar-refractivity contribution in [3.05, 3.63) is 70.8 Å². The summed E-state index contributed by atoms with van der Waals surface area (Å²) >= 11 is 0. The second-order valence-electron chi connectivity index (χ2n) is 7.64. The largest absolute Gasteiger partial charge is 0.345 e. The minimum atomic E-state index is -0.367. The first-order valence-corrected chi connectivity index (χ1v) is 9.90. The van der Waals surface area contributed by atoms with Crippen molar-refractivity contribution in [2.75, 3.05) is 32.7 Å². The van der Waals surface area contributed by atoms with Crippen LogP contribution in [0.2, 0.25) is 0 Å². The first-order valence-electron chi connectivity index (χ1n) is 9.90. The molecule has 1 saturated heterocycles. The van der Waals surface area contributed by atoms with Crippen molar-refractivity contribution in [1.82, 2.24) is 14.4 Å². The normalized spacial score (nSPS) is 14.8. The van der Waals surface area contributed by atoms with Gasteiger partial charge in [-0.25, -0.2) is 4.39 Å². The molecule has 0 atom stereocenters. The van der Waals surface area contributed by atoms with Crippen LogP contribution in [-0.4, -0.2) is 58.8 Å². The third-order valence-corrected chi connectivity index (χ3v) is 5.63. The maximum atomic E-state index is 13.8. The second-order valence-corrected chi connectivity index (χ2v) is 7.64. The predicted molar refractivity (Wildman–Crippen MR) is 112 cm³/mol. The van der Waals surface area contributed by atoms with Gasteiger partial charge in [0.25, 0.3) is 5.91 Å². The molecule has 29 heavy (non-hydrogen) atoms. The van der Waals surface area contributed by atoms with Gasteiger partial charge in [0.15, 0.2) is 5.78 Å². The standard InChI is InChI=1S/C23H28FN3O2/c1-5-8-27-17(3)13-20(18(27)4)22(28)15-25-9-11-26(12-10-25)23(29)19-7-6-16(2)21(24)14-19/h5-7,13-14H,1,8-12,15H2,2-4H3. The molecule has 0 spiro atoms. The number of rotatable bonds is 6. The van der Waals surface area contributed by atoms with E-state index in [-0.39, 0.29) is 17.5 Å². The number of hydrogen-bond acceptors (Lipinski definition) is 3. The fourth-order valence-electron chi connectivity index (χ4n) is 3.80. The molecule has 0 N–H and O–H groups in total. The van der Waals surface area contributed by atoms with E-state index < -0.39 is 0 Å². The summed E-state index contributed by atoms with van der Waals surface area (Å²) in [6.45, 7) is 12.7. The average molecular weight is 397 g/mol. The fraction of sp³-hybridized carbons (Fsp3) is 0.391. The zero-order chi connectivity index (χ0) is 21.1. The van der Waals surface area contributed by atoms with Crippen LogP contribution in [0.5, 0.6) is 0 Å². The highest BCUT2D eigenvalue weighted by atomic mass is 19.1. The maximum absolute atomic E-state index is 13.8. The lowest BCUT2D eigenvalue weighted by atomic mass is 10.1. The van der Waals surface area contributed by atoms with Gasteiger partial charge in [-0.15, -0.1) is 6.58 Å². The molecule has 2 heterocycles. The van der Waals surface area contributed by atoms with Gasteiger partial charge in [-0.3, -0.25) is 14.5 Å². The average Bonchev–Trinajstić information content (AvgIpc) is 2.99. The molecule has 1 aliphatic rings. The monoisotopic (exact) mass is 397 g/mol. The molecule has 0 radical (unpaired) electrons. The summed E-state index contributed by atoms with van der Waals surface area (Å²) in [4.78, 5) is 29.2. The van der Waals surface area contributed by atoms with Gasteiger partial charge in [0.1, 0.15) is 5.82 Å². The zero-order valence-electron chi connectivity index (χ0n) is 17.4. The highest BCUT2D eigenvalue weighted by Crippen LogP contribution is 2.17. The Morgan fingerprint density at radius 1 is 1.10 bits per heavy atom. The topological polar surface area (TPSA) is 45.6 Å². The summed E-state index contributed by atoms with van der Waals surface area (Å²) in [6, 6.07) is 6.52. The minimum absolute atomic E-state index is 0.0915. The van der Waals surface area contributed by atoms with Gasteiger partial charge in [-0.05, 0) is 44.5 Å². The van der Waals surface area contributed by atoms with E-state index in [2.05, 4.69) is 16.0 Å². The maximum Gasteiger partial charge on any atom is 0.254 e. The van der Waals surface area contributed by atoms with E-state index >= 15 is 0 Å². The number of aromatic nitrogens is 1. The van der Waals surface area contributed by atoms with E-state index in [4.69, 9.17) is 0 Å². The van der Waals surface area contributed by atoms with Gasteiger partial charge in [-0.2, -0.15) is 0 Å². The van der Waals surface area contributed by atoms with Crippen LogP contribution < -0.4 is 0 Å². The quantitative estimate of drug-likeness (QED) is 0.555. The second kappa shape index (κ2) is 8.74. The Bertz CT molecular complexity index is 940. The third kappa shape index (κ3) is 4.48. The van der Waals surface area contributed by atoms with Crippen LogP contribution in [0.15, 0.2) is 36.9 Å². The fourth-order valence-corrected chi connectivity index (χ4v) is 3.80. The van der Waals surface area contributed by atoms with Crippen molar-refractivity contribution in [1.29, 1.82) is 0 Å². The number of Topliss-reactive ketones (excluding diaryl/α,β-unsaturated/α-hetero) is 1. The van der Waals surface area contributed by atoms with Gasteiger partial charge in [0.05, 0.1) is 6.54 Å². The molecule has 0 unspecified atom stereocenters. The third-order valence-electron chi connectivity index (χ3n) is 5.63. The Morgan fingerprint density at radius 3 is 2.41 bits per heavy atom. The van der Waals surface area contributed by atoms with E-state index in [1.54, 1.807) is 24.0 Å². The van der Waals surface area contributed by atoms with Crippen molar-refractivity contribution in [3.63, 3.8) is 0 Å². The number of benzene rings is 1. The lowest BCUT2D eigenvalue weighted by molar-refractivity contribution is 0.0624. The van der Waals surface area contributed by atoms with Gasteiger partial charge >= 0.3 is 0 Å². The number of carbonyl (C=O) groups is 2. The lowest BCUT2D eigenvalue weighted by Crippen LogP contribution is -2.49. The number of halogens is 1. The van der Waals surface area contributed by atoms with Crippen LogP contribution in [0.3, 0.4) is 0 Å². The van der Waals surface area contributed by atoms with E-state index in [0.717, 1.165) is 17.0 Å². The molecule has 1 aromatic heterocycles. The molecule has 5 nitrogen and oxygen atoms in total.